The molecule has 0 aromatic heterocycles. The number of methoxy groups -OCH3 is 1. The lowest BCUT2D eigenvalue weighted by molar-refractivity contribution is -0.384. The van der Waals surface area contributed by atoms with Crippen LogP contribution in [0.5, 0.6) is 11.5 Å². The molecule has 0 fully saturated rings. The fraction of sp³-hybridized carbons (Fsp3) is 0.235. The first-order valence-corrected chi connectivity index (χ1v) is 7.79. The van der Waals surface area contributed by atoms with E-state index >= 15 is 0 Å². The van der Waals surface area contributed by atoms with Crippen molar-refractivity contribution in [3.05, 3.63) is 63.2 Å². The molecule has 25 heavy (non-hydrogen) atoms. The monoisotopic (exact) mass is 364 g/mol. The number of ether oxygens (including phenoxy) is 2. The maximum absolute atomic E-state index is 12.0. The number of carbonyl (C=O) groups excluding carboxylic acids is 1. The Balaban J connectivity index is 1.94. The summed E-state index contributed by atoms with van der Waals surface area (Å²) in [6.45, 7) is 1.59. The summed E-state index contributed by atoms with van der Waals surface area (Å²) in [5.74, 6) is 0.613. The van der Waals surface area contributed by atoms with Gasteiger partial charge in [-0.25, -0.2) is 0 Å². The molecule has 2 aromatic rings. The first kappa shape index (κ1) is 18.5. The van der Waals surface area contributed by atoms with E-state index in [0.29, 0.717) is 5.75 Å². The average Bonchev–Trinajstić information content (AvgIpc) is 2.59. The Morgan fingerprint density at radius 2 is 2.04 bits per heavy atom. The van der Waals surface area contributed by atoms with Gasteiger partial charge in [0.25, 0.3) is 11.6 Å². The van der Waals surface area contributed by atoms with Crippen molar-refractivity contribution in [3.63, 3.8) is 0 Å². The van der Waals surface area contributed by atoms with E-state index in [2.05, 4.69) is 5.32 Å². The fourth-order valence-electron chi connectivity index (χ4n) is 2.26. The molecule has 0 heterocycles. The summed E-state index contributed by atoms with van der Waals surface area (Å²) in [6, 6.07) is 11.0. The predicted molar refractivity (Wildman–Crippen MR) is 93.2 cm³/mol. The minimum Gasteiger partial charge on any atom is -0.496 e. The molecule has 0 saturated carbocycles. The van der Waals surface area contributed by atoms with Crippen molar-refractivity contribution in [3.8, 4) is 11.5 Å². The predicted octanol–water partition coefficient (Wildman–Crippen LogP) is 3.51. The summed E-state index contributed by atoms with van der Waals surface area (Å²) in [5.41, 5.74) is 0.625. The third-order valence-corrected chi connectivity index (χ3v) is 3.77. The SMILES string of the molecule is COc1ccccc1C(C)NC(=O)COc1ccc([N+](=O)[O-])c(Cl)c1. The van der Waals surface area contributed by atoms with E-state index in [0.717, 1.165) is 5.56 Å². The van der Waals surface area contributed by atoms with Gasteiger partial charge in [0, 0.05) is 17.7 Å². The second kappa shape index (κ2) is 8.34. The molecule has 2 aromatic carbocycles. The van der Waals surface area contributed by atoms with Crippen LogP contribution >= 0.6 is 11.6 Å². The van der Waals surface area contributed by atoms with Crippen LogP contribution in [0.15, 0.2) is 42.5 Å². The summed E-state index contributed by atoms with van der Waals surface area (Å²) in [5, 5.41) is 13.5. The number of nitro benzene ring substituents is 1. The largest absolute Gasteiger partial charge is 0.496 e. The van der Waals surface area contributed by atoms with Gasteiger partial charge in [0.2, 0.25) is 0 Å². The summed E-state index contributed by atoms with van der Waals surface area (Å²) >= 11 is 5.80. The van der Waals surface area contributed by atoms with Crippen LogP contribution in [-0.2, 0) is 4.79 Å². The molecule has 1 amide bonds. The number of nitro groups is 1. The Hall–Kier alpha value is -2.80. The zero-order valence-corrected chi connectivity index (χ0v) is 14.4. The lowest BCUT2D eigenvalue weighted by Gasteiger charge is -2.17. The molecule has 8 heteroatoms. The highest BCUT2D eigenvalue weighted by atomic mass is 35.5. The van der Waals surface area contributed by atoms with Crippen molar-refractivity contribution in [1.82, 2.24) is 5.32 Å². The second-order valence-corrected chi connectivity index (χ2v) is 5.60. The van der Waals surface area contributed by atoms with Crippen molar-refractivity contribution >= 4 is 23.2 Å². The number of hydrogen-bond donors (Lipinski definition) is 1. The molecule has 7 nitrogen and oxygen atoms in total. The van der Waals surface area contributed by atoms with Crippen LogP contribution in [0.3, 0.4) is 0 Å². The van der Waals surface area contributed by atoms with Crippen LogP contribution in [0, 0.1) is 10.1 Å². The third kappa shape index (κ3) is 4.84. The minimum atomic E-state index is -0.590. The zero-order chi connectivity index (χ0) is 18.4. The number of halogens is 1. The van der Waals surface area contributed by atoms with Crippen molar-refractivity contribution in [2.24, 2.45) is 0 Å². The lowest BCUT2D eigenvalue weighted by Crippen LogP contribution is -2.31. The Labute approximate surface area is 149 Å². The molecular formula is C17H17ClN2O5. The number of hydrogen-bond acceptors (Lipinski definition) is 5. The van der Waals surface area contributed by atoms with Crippen molar-refractivity contribution in [1.29, 1.82) is 0 Å². The number of amides is 1. The van der Waals surface area contributed by atoms with Crippen LogP contribution in [0.4, 0.5) is 5.69 Å². The molecule has 1 N–H and O–H groups in total. The van der Waals surface area contributed by atoms with E-state index in [-0.39, 0.29) is 35.0 Å². The van der Waals surface area contributed by atoms with E-state index in [1.54, 1.807) is 7.11 Å². The summed E-state index contributed by atoms with van der Waals surface area (Å²) in [6.07, 6.45) is 0. The standard InChI is InChI=1S/C17H17ClN2O5/c1-11(13-5-3-4-6-16(13)24-2)19-17(21)10-25-12-7-8-15(20(22)23)14(18)9-12/h3-9,11H,10H2,1-2H3,(H,19,21). The van der Waals surface area contributed by atoms with E-state index < -0.39 is 4.92 Å². The summed E-state index contributed by atoms with van der Waals surface area (Å²) < 4.78 is 10.6. The highest BCUT2D eigenvalue weighted by Gasteiger charge is 2.15. The molecule has 0 aliphatic heterocycles. The molecule has 0 saturated heterocycles. The highest BCUT2D eigenvalue weighted by molar-refractivity contribution is 6.32. The number of benzene rings is 2. The van der Waals surface area contributed by atoms with Gasteiger partial charge in [0.15, 0.2) is 6.61 Å². The van der Waals surface area contributed by atoms with Crippen LogP contribution in [0.25, 0.3) is 0 Å². The maximum Gasteiger partial charge on any atom is 0.288 e. The van der Waals surface area contributed by atoms with Crippen LogP contribution in [-0.4, -0.2) is 24.5 Å². The molecule has 0 radical (unpaired) electrons. The molecule has 0 aliphatic carbocycles. The summed E-state index contributed by atoms with van der Waals surface area (Å²) in [4.78, 5) is 22.2. The second-order valence-electron chi connectivity index (χ2n) is 5.19. The third-order valence-electron chi connectivity index (χ3n) is 3.47. The molecule has 0 bridgehead atoms. The molecule has 1 atom stereocenters. The molecular weight excluding hydrogens is 348 g/mol. The molecule has 0 spiro atoms. The highest BCUT2D eigenvalue weighted by Crippen LogP contribution is 2.28. The van der Waals surface area contributed by atoms with Gasteiger partial charge in [-0.1, -0.05) is 29.8 Å². The number of nitrogens with one attached hydrogen (secondary N) is 1. The maximum atomic E-state index is 12.0. The van der Waals surface area contributed by atoms with Gasteiger partial charge < -0.3 is 14.8 Å². The number of rotatable bonds is 7. The minimum absolute atomic E-state index is 0.0506. The average molecular weight is 365 g/mol. The Morgan fingerprint density at radius 1 is 1.32 bits per heavy atom. The fourth-order valence-corrected chi connectivity index (χ4v) is 2.50. The van der Waals surface area contributed by atoms with Gasteiger partial charge in [-0.05, 0) is 19.1 Å². The van der Waals surface area contributed by atoms with Crippen LogP contribution in [0.1, 0.15) is 18.5 Å². The van der Waals surface area contributed by atoms with Crippen LogP contribution < -0.4 is 14.8 Å². The quantitative estimate of drug-likeness (QED) is 0.599. The van der Waals surface area contributed by atoms with Crippen molar-refractivity contribution < 1.29 is 19.2 Å². The molecule has 1 unspecified atom stereocenters. The molecule has 0 aliphatic rings. The molecule has 2 rings (SSSR count). The van der Waals surface area contributed by atoms with Gasteiger partial charge in [0.1, 0.15) is 16.5 Å². The van der Waals surface area contributed by atoms with E-state index in [9.17, 15) is 14.9 Å². The lowest BCUT2D eigenvalue weighted by atomic mass is 10.1. The first-order valence-electron chi connectivity index (χ1n) is 7.41. The topological polar surface area (TPSA) is 90.7 Å². The summed E-state index contributed by atoms with van der Waals surface area (Å²) in [7, 11) is 1.56. The number of para-hydroxylation sites is 1. The van der Waals surface area contributed by atoms with Crippen molar-refractivity contribution in [2.75, 3.05) is 13.7 Å². The van der Waals surface area contributed by atoms with E-state index in [1.807, 2.05) is 31.2 Å². The zero-order valence-electron chi connectivity index (χ0n) is 13.7. The first-order chi connectivity index (χ1) is 11.9. The number of carbonyl (C=O) groups is 1. The van der Waals surface area contributed by atoms with Gasteiger partial charge in [-0.3, -0.25) is 14.9 Å². The molecule has 132 valence electrons. The van der Waals surface area contributed by atoms with Gasteiger partial charge in [0.05, 0.1) is 18.1 Å². The van der Waals surface area contributed by atoms with Gasteiger partial charge in [-0.2, -0.15) is 0 Å². The van der Waals surface area contributed by atoms with Crippen molar-refractivity contribution in [2.45, 2.75) is 13.0 Å². The Bertz CT molecular complexity index is 781. The normalized spacial score (nSPS) is 11.5. The van der Waals surface area contributed by atoms with Crippen LogP contribution in [0.2, 0.25) is 5.02 Å². The number of nitrogens with zero attached hydrogens (tertiary/aromatic N) is 1. The van der Waals surface area contributed by atoms with E-state index in [4.69, 9.17) is 21.1 Å². The Morgan fingerprint density at radius 3 is 2.68 bits per heavy atom. The smallest absolute Gasteiger partial charge is 0.288 e. The van der Waals surface area contributed by atoms with Gasteiger partial charge in [-0.15, -0.1) is 0 Å². The van der Waals surface area contributed by atoms with E-state index in [1.165, 1.54) is 18.2 Å². The Kier molecular flexibility index (Phi) is 6.19. The van der Waals surface area contributed by atoms with Gasteiger partial charge >= 0.3 is 0 Å².